The number of rotatable bonds is 3. The maximum atomic E-state index is 12.5. The second kappa shape index (κ2) is 4.69. The van der Waals surface area contributed by atoms with Crippen LogP contribution in [0.5, 0.6) is 5.75 Å². The van der Waals surface area contributed by atoms with Gasteiger partial charge in [-0.25, -0.2) is 8.78 Å². The van der Waals surface area contributed by atoms with Crippen LogP contribution in [0, 0.1) is 3.57 Å². The Morgan fingerprint density at radius 3 is 2.67 bits per heavy atom. The molecule has 0 fully saturated rings. The van der Waals surface area contributed by atoms with Gasteiger partial charge in [0.2, 0.25) is 0 Å². The third-order valence-electron chi connectivity index (χ3n) is 1.68. The number of pyridine rings is 1. The van der Waals surface area contributed by atoms with Crippen molar-refractivity contribution in [2.75, 3.05) is 7.11 Å². The van der Waals surface area contributed by atoms with Crippen LogP contribution in [0.2, 0.25) is 0 Å². The highest BCUT2D eigenvalue weighted by Gasteiger charge is 2.22. The second-order valence-corrected chi connectivity index (χ2v) is 3.65. The van der Waals surface area contributed by atoms with Crippen LogP contribution in [-0.2, 0) is 0 Å². The number of hydrogen-bond acceptors (Lipinski definition) is 3. The Morgan fingerprint density at radius 1 is 1.67 bits per heavy atom. The Balaban J connectivity index is 3.39. The zero-order chi connectivity index (χ0) is 11.6. The number of primary amides is 1. The molecule has 1 rings (SSSR count). The zero-order valence-corrected chi connectivity index (χ0v) is 9.79. The van der Waals surface area contributed by atoms with E-state index in [-0.39, 0.29) is 14.9 Å². The normalized spacial score (nSPS) is 10.5. The molecule has 1 amide bonds. The van der Waals surface area contributed by atoms with Crippen molar-refractivity contribution in [1.29, 1.82) is 0 Å². The average molecular weight is 328 g/mol. The molecule has 2 N–H and O–H groups in total. The molecule has 0 bridgehead atoms. The fourth-order valence-electron chi connectivity index (χ4n) is 1.01. The highest BCUT2D eigenvalue weighted by molar-refractivity contribution is 14.1. The van der Waals surface area contributed by atoms with Crippen molar-refractivity contribution in [3.63, 3.8) is 0 Å². The minimum atomic E-state index is -2.75. The number of amides is 1. The van der Waals surface area contributed by atoms with Crippen LogP contribution >= 0.6 is 22.6 Å². The Kier molecular flexibility index (Phi) is 3.77. The second-order valence-electron chi connectivity index (χ2n) is 2.57. The summed E-state index contributed by atoms with van der Waals surface area (Å²) in [5.41, 5.74) is 4.61. The summed E-state index contributed by atoms with van der Waals surface area (Å²) in [7, 11) is 1.23. The molecule has 1 heterocycles. The number of aromatic nitrogens is 1. The minimum absolute atomic E-state index is 0.0665. The lowest BCUT2D eigenvalue weighted by Crippen LogP contribution is -2.15. The number of ether oxygens (including phenoxy) is 1. The predicted molar refractivity (Wildman–Crippen MR) is 57.0 cm³/mol. The van der Waals surface area contributed by atoms with Gasteiger partial charge in [-0.3, -0.25) is 9.78 Å². The first-order valence-corrected chi connectivity index (χ1v) is 4.87. The molecule has 0 saturated heterocycles. The molecule has 15 heavy (non-hydrogen) atoms. The largest absolute Gasteiger partial charge is 0.493 e. The molecule has 0 aliphatic heterocycles. The molecule has 0 aliphatic carbocycles. The van der Waals surface area contributed by atoms with Crippen LogP contribution in [0.25, 0.3) is 0 Å². The molecule has 1 aromatic rings. The van der Waals surface area contributed by atoms with E-state index in [9.17, 15) is 13.6 Å². The number of nitrogens with zero attached hydrogens (tertiary/aromatic N) is 1. The molecule has 0 spiro atoms. The first kappa shape index (κ1) is 12.1. The van der Waals surface area contributed by atoms with Gasteiger partial charge in [-0.15, -0.1) is 0 Å². The molecule has 1 aromatic heterocycles. The maximum absolute atomic E-state index is 12.5. The fraction of sp³-hybridized carbons (Fsp3) is 0.250. The summed E-state index contributed by atoms with van der Waals surface area (Å²) in [5, 5.41) is 0. The number of hydrogen-bond donors (Lipinski definition) is 1. The minimum Gasteiger partial charge on any atom is -0.493 e. The van der Waals surface area contributed by atoms with E-state index < -0.39 is 18.0 Å². The summed E-state index contributed by atoms with van der Waals surface area (Å²) < 4.78 is 29.9. The summed E-state index contributed by atoms with van der Waals surface area (Å²) in [6, 6.07) is 0. The zero-order valence-electron chi connectivity index (χ0n) is 7.63. The van der Waals surface area contributed by atoms with E-state index in [2.05, 4.69) is 4.98 Å². The van der Waals surface area contributed by atoms with Gasteiger partial charge in [-0.1, -0.05) is 0 Å². The third-order valence-corrected chi connectivity index (χ3v) is 2.75. The van der Waals surface area contributed by atoms with Gasteiger partial charge < -0.3 is 10.5 Å². The topological polar surface area (TPSA) is 65.2 Å². The lowest BCUT2D eigenvalue weighted by molar-refractivity contribution is 0.0997. The first-order valence-electron chi connectivity index (χ1n) is 3.79. The van der Waals surface area contributed by atoms with E-state index in [1.165, 1.54) is 7.11 Å². The molecule has 0 radical (unpaired) electrons. The Hall–Kier alpha value is -0.990. The number of carbonyl (C=O) groups is 1. The van der Waals surface area contributed by atoms with E-state index >= 15 is 0 Å². The molecule has 0 aromatic carbocycles. The standard InChI is InChI=1S/C8H7F2IN2O2/c1-15-6-4(11)3(8(12)14)2-13-5(6)7(9)10/h2,7H,1H3,(H2,12,14). The van der Waals surface area contributed by atoms with Crippen LogP contribution in [0.4, 0.5) is 8.78 Å². The molecular weight excluding hydrogens is 321 g/mol. The third kappa shape index (κ3) is 2.33. The molecule has 0 aliphatic rings. The lowest BCUT2D eigenvalue weighted by Gasteiger charge is -2.10. The van der Waals surface area contributed by atoms with Gasteiger partial charge in [0.25, 0.3) is 12.3 Å². The molecule has 4 nitrogen and oxygen atoms in total. The monoisotopic (exact) mass is 328 g/mol. The number of carbonyl (C=O) groups excluding carboxylic acids is 1. The van der Waals surface area contributed by atoms with E-state index in [1.54, 1.807) is 22.6 Å². The van der Waals surface area contributed by atoms with E-state index in [0.717, 1.165) is 6.20 Å². The number of halogens is 3. The molecule has 82 valence electrons. The Labute approximate surface area is 98.0 Å². The van der Waals surface area contributed by atoms with Gasteiger partial charge >= 0.3 is 0 Å². The Bertz CT molecular complexity index is 398. The molecule has 7 heteroatoms. The van der Waals surface area contributed by atoms with E-state index in [4.69, 9.17) is 10.5 Å². The van der Waals surface area contributed by atoms with Gasteiger partial charge in [0.1, 0.15) is 5.69 Å². The predicted octanol–water partition coefficient (Wildman–Crippen LogP) is 1.73. The molecule has 0 saturated carbocycles. The van der Waals surface area contributed by atoms with Crippen LogP contribution in [0.3, 0.4) is 0 Å². The number of alkyl halides is 2. The first-order chi connectivity index (χ1) is 6.99. The van der Waals surface area contributed by atoms with Crippen LogP contribution in [0.1, 0.15) is 22.5 Å². The summed E-state index contributed by atoms with van der Waals surface area (Å²) in [4.78, 5) is 14.4. The lowest BCUT2D eigenvalue weighted by atomic mass is 10.2. The van der Waals surface area contributed by atoms with Crippen molar-refractivity contribution >= 4 is 28.5 Å². The van der Waals surface area contributed by atoms with Crippen molar-refractivity contribution in [3.05, 3.63) is 21.0 Å². The number of methoxy groups -OCH3 is 1. The van der Waals surface area contributed by atoms with Crippen LogP contribution in [0.15, 0.2) is 6.20 Å². The summed E-state index contributed by atoms with van der Waals surface area (Å²) in [6.45, 7) is 0. The van der Waals surface area contributed by atoms with Crippen molar-refractivity contribution < 1.29 is 18.3 Å². The highest BCUT2D eigenvalue weighted by Crippen LogP contribution is 2.32. The van der Waals surface area contributed by atoms with Crippen molar-refractivity contribution in [3.8, 4) is 5.75 Å². The fourth-order valence-corrected chi connectivity index (χ4v) is 1.91. The van der Waals surface area contributed by atoms with Crippen molar-refractivity contribution in [2.45, 2.75) is 6.43 Å². The van der Waals surface area contributed by atoms with Crippen molar-refractivity contribution in [2.24, 2.45) is 5.73 Å². The smallest absolute Gasteiger partial charge is 0.284 e. The highest BCUT2D eigenvalue weighted by atomic mass is 127. The molecule has 0 unspecified atom stereocenters. The van der Waals surface area contributed by atoms with E-state index in [1.807, 2.05) is 0 Å². The van der Waals surface area contributed by atoms with Gasteiger partial charge in [-0.2, -0.15) is 0 Å². The maximum Gasteiger partial charge on any atom is 0.284 e. The van der Waals surface area contributed by atoms with Crippen LogP contribution < -0.4 is 10.5 Å². The average Bonchev–Trinajstić information content (AvgIpc) is 2.16. The van der Waals surface area contributed by atoms with E-state index in [0.29, 0.717) is 0 Å². The summed E-state index contributed by atoms with van der Waals surface area (Å²) in [6.07, 6.45) is -1.73. The quantitative estimate of drug-likeness (QED) is 0.860. The Morgan fingerprint density at radius 2 is 2.27 bits per heavy atom. The molecule has 0 atom stereocenters. The van der Waals surface area contributed by atoms with Gasteiger partial charge in [-0.05, 0) is 22.6 Å². The van der Waals surface area contributed by atoms with Gasteiger partial charge in [0.05, 0.1) is 16.2 Å². The SMILES string of the molecule is COc1c(C(F)F)ncc(C(N)=O)c1I. The summed E-state index contributed by atoms with van der Waals surface area (Å²) in [5.74, 6) is -0.840. The van der Waals surface area contributed by atoms with Gasteiger partial charge in [0.15, 0.2) is 5.75 Å². The molecular formula is C8H7F2IN2O2. The van der Waals surface area contributed by atoms with Crippen molar-refractivity contribution in [1.82, 2.24) is 4.98 Å². The van der Waals surface area contributed by atoms with Crippen LogP contribution in [-0.4, -0.2) is 18.0 Å². The van der Waals surface area contributed by atoms with Gasteiger partial charge in [0, 0.05) is 6.20 Å². The number of nitrogens with two attached hydrogens (primary N) is 1. The summed E-state index contributed by atoms with van der Waals surface area (Å²) >= 11 is 1.72.